The fourth-order valence-corrected chi connectivity index (χ4v) is 1.96. The van der Waals surface area contributed by atoms with Crippen LogP contribution in [-0.2, 0) is 0 Å². The third kappa shape index (κ3) is 3.08. The number of benzene rings is 1. The molecule has 0 unspecified atom stereocenters. The van der Waals surface area contributed by atoms with Gasteiger partial charge in [-0.3, -0.25) is 4.79 Å². The lowest BCUT2D eigenvalue weighted by Crippen LogP contribution is -2.03. The molecule has 2 aromatic rings. The Morgan fingerprint density at radius 2 is 2.16 bits per heavy atom. The minimum absolute atomic E-state index is 0.0579. The first-order chi connectivity index (χ1) is 9.01. The van der Waals surface area contributed by atoms with Crippen molar-refractivity contribution in [1.29, 1.82) is 0 Å². The first-order valence-corrected chi connectivity index (χ1v) is 6.39. The van der Waals surface area contributed by atoms with Gasteiger partial charge in [-0.25, -0.2) is 14.4 Å². The van der Waals surface area contributed by atoms with E-state index in [4.69, 9.17) is 11.6 Å². The van der Waals surface area contributed by atoms with Crippen molar-refractivity contribution in [3.05, 3.63) is 45.0 Å². The number of hydrogen-bond donors (Lipinski definition) is 1. The summed E-state index contributed by atoms with van der Waals surface area (Å²) in [7, 11) is 0. The van der Waals surface area contributed by atoms with E-state index in [0.717, 1.165) is 0 Å². The van der Waals surface area contributed by atoms with Gasteiger partial charge in [-0.05, 0) is 41.1 Å². The van der Waals surface area contributed by atoms with Gasteiger partial charge < -0.3 is 5.32 Å². The molecule has 1 aromatic carbocycles. The Kier molecular flexibility index (Phi) is 4.11. The van der Waals surface area contributed by atoms with Crippen molar-refractivity contribution in [2.75, 3.05) is 5.32 Å². The van der Waals surface area contributed by atoms with Crippen LogP contribution in [0.3, 0.4) is 0 Å². The molecule has 0 fully saturated rings. The highest BCUT2D eigenvalue weighted by Crippen LogP contribution is 2.25. The molecule has 0 spiro atoms. The van der Waals surface area contributed by atoms with E-state index in [1.54, 1.807) is 19.1 Å². The lowest BCUT2D eigenvalue weighted by molar-refractivity contribution is 0.112. The quantitative estimate of drug-likeness (QED) is 0.678. The van der Waals surface area contributed by atoms with E-state index in [-0.39, 0.29) is 16.5 Å². The maximum absolute atomic E-state index is 13.4. The van der Waals surface area contributed by atoms with Gasteiger partial charge in [0.05, 0.1) is 10.0 Å². The summed E-state index contributed by atoms with van der Waals surface area (Å²) in [4.78, 5) is 18.9. The largest absolute Gasteiger partial charge is 0.339 e. The van der Waals surface area contributed by atoms with E-state index < -0.39 is 5.82 Å². The Bertz CT molecular complexity index is 651. The van der Waals surface area contributed by atoms with E-state index >= 15 is 0 Å². The Hall–Kier alpha value is -1.53. The first-order valence-electron chi connectivity index (χ1n) is 5.22. The zero-order valence-electron chi connectivity index (χ0n) is 9.75. The van der Waals surface area contributed by atoms with Crippen molar-refractivity contribution >= 4 is 45.3 Å². The van der Waals surface area contributed by atoms with E-state index in [1.165, 1.54) is 6.07 Å². The highest BCUT2D eigenvalue weighted by molar-refractivity contribution is 9.10. The van der Waals surface area contributed by atoms with Crippen LogP contribution in [-0.4, -0.2) is 16.3 Å². The van der Waals surface area contributed by atoms with Crippen molar-refractivity contribution in [2.45, 2.75) is 6.92 Å². The summed E-state index contributed by atoms with van der Waals surface area (Å²) < 4.78 is 13.8. The molecule has 0 bridgehead atoms. The zero-order valence-corrected chi connectivity index (χ0v) is 12.1. The molecule has 0 atom stereocenters. The summed E-state index contributed by atoms with van der Waals surface area (Å²) in [5.74, 6) is 0.236. The molecule has 1 aromatic heterocycles. The second-order valence-electron chi connectivity index (χ2n) is 3.70. The fraction of sp³-hybridized carbons (Fsp3) is 0.0833. The lowest BCUT2D eigenvalue weighted by Gasteiger charge is -2.10. The molecule has 1 N–H and O–H groups in total. The molecule has 0 aliphatic rings. The number of aryl methyl sites for hydroxylation is 1. The molecular weight excluding hydrogens is 337 g/mol. The van der Waals surface area contributed by atoms with Crippen LogP contribution in [0.15, 0.2) is 22.7 Å². The molecule has 19 heavy (non-hydrogen) atoms. The van der Waals surface area contributed by atoms with Crippen molar-refractivity contribution < 1.29 is 9.18 Å². The Labute approximate surface area is 122 Å². The second kappa shape index (κ2) is 5.63. The number of anilines is 2. The molecule has 0 aliphatic heterocycles. The molecule has 7 heteroatoms. The van der Waals surface area contributed by atoms with Crippen LogP contribution in [0.25, 0.3) is 0 Å². The number of nitrogens with one attached hydrogen (secondary N) is 1. The van der Waals surface area contributed by atoms with Crippen LogP contribution >= 0.6 is 27.5 Å². The van der Waals surface area contributed by atoms with E-state index in [2.05, 4.69) is 31.2 Å². The van der Waals surface area contributed by atoms with Crippen molar-refractivity contribution in [3.63, 3.8) is 0 Å². The molecule has 4 nitrogen and oxygen atoms in total. The number of aldehydes is 1. The third-order valence-corrected chi connectivity index (χ3v) is 3.24. The second-order valence-corrected chi connectivity index (χ2v) is 4.91. The van der Waals surface area contributed by atoms with Crippen LogP contribution in [0.2, 0.25) is 5.15 Å². The maximum atomic E-state index is 13.4. The highest BCUT2D eigenvalue weighted by Gasteiger charge is 2.11. The standard InChI is InChI=1S/C12H8BrClFN3O/c1-6-16-11(14)8(5-19)12(17-6)18-7-2-3-9(13)10(15)4-7/h2-5H,1H3,(H,16,17,18). The molecule has 98 valence electrons. The SMILES string of the molecule is Cc1nc(Cl)c(C=O)c(Nc2ccc(Br)c(F)c2)n1. The van der Waals surface area contributed by atoms with Gasteiger partial charge in [-0.15, -0.1) is 0 Å². The molecule has 0 radical (unpaired) electrons. The van der Waals surface area contributed by atoms with Crippen LogP contribution in [0.1, 0.15) is 16.2 Å². The van der Waals surface area contributed by atoms with Crippen molar-refractivity contribution in [3.8, 4) is 0 Å². The fourth-order valence-electron chi connectivity index (χ4n) is 1.46. The number of nitrogens with zero attached hydrogens (tertiary/aromatic N) is 2. The molecular formula is C12H8BrClFN3O. The number of hydrogen-bond acceptors (Lipinski definition) is 4. The summed E-state index contributed by atoms with van der Waals surface area (Å²) >= 11 is 8.91. The number of aromatic nitrogens is 2. The van der Waals surface area contributed by atoms with Gasteiger partial charge in [0.2, 0.25) is 0 Å². The Morgan fingerprint density at radius 3 is 2.79 bits per heavy atom. The van der Waals surface area contributed by atoms with Crippen molar-refractivity contribution in [1.82, 2.24) is 9.97 Å². The lowest BCUT2D eigenvalue weighted by atomic mass is 10.3. The average molecular weight is 345 g/mol. The Balaban J connectivity index is 2.42. The van der Waals surface area contributed by atoms with Gasteiger partial charge in [0.1, 0.15) is 22.6 Å². The van der Waals surface area contributed by atoms with E-state index in [1.807, 2.05) is 0 Å². The minimum atomic E-state index is -0.422. The predicted octanol–water partition coefficient (Wildman–Crippen LogP) is 3.90. The van der Waals surface area contributed by atoms with E-state index in [0.29, 0.717) is 22.3 Å². The number of carbonyl (C=O) groups excluding carboxylic acids is 1. The zero-order chi connectivity index (χ0) is 14.0. The maximum Gasteiger partial charge on any atom is 0.156 e. The van der Waals surface area contributed by atoms with Gasteiger partial charge >= 0.3 is 0 Å². The van der Waals surface area contributed by atoms with Gasteiger partial charge in [0.15, 0.2) is 6.29 Å². The average Bonchev–Trinajstić information content (AvgIpc) is 2.33. The number of halogens is 3. The summed E-state index contributed by atoms with van der Waals surface area (Å²) in [6.45, 7) is 1.65. The van der Waals surface area contributed by atoms with Gasteiger partial charge in [-0.1, -0.05) is 11.6 Å². The highest BCUT2D eigenvalue weighted by atomic mass is 79.9. The molecule has 0 aliphatic carbocycles. The van der Waals surface area contributed by atoms with Crippen LogP contribution in [0.5, 0.6) is 0 Å². The molecule has 0 saturated heterocycles. The number of rotatable bonds is 3. The van der Waals surface area contributed by atoms with E-state index in [9.17, 15) is 9.18 Å². The monoisotopic (exact) mass is 343 g/mol. The summed E-state index contributed by atoms with van der Waals surface area (Å²) in [6, 6.07) is 4.48. The number of carbonyl (C=O) groups is 1. The van der Waals surface area contributed by atoms with Crippen LogP contribution in [0.4, 0.5) is 15.9 Å². The Morgan fingerprint density at radius 1 is 1.42 bits per heavy atom. The summed E-state index contributed by atoms with van der Waals surface area (Å²) in [6.07, 6.45) is 0.555. The normalized spacial score (nSPS) is 10.3. The molecule has 0 saturated carbocycles. The van der Waals surface area contributed by atoms with Gasteiger partial charge in [0.25, 0.3) is 0 Å². The summed E-state index contributed by atoms with van der Waals surface area (Å²) in [5.41, 5.74) is 0.591. The summed E-state index contributed by atoms with van der Waals surface area (Å²) in [5, 5.41) is 2.90. The first kappa shape index (κ1) is 13.9. The smallest absolute Gasteiger partial charge is 0.156 e. The predicted molar refractivity (Wildman–Crippen MR) is 74.5 cm³/mol. The topological polar surface area (TPSA) is 54.9 Å². The minimum Gasteiger partial charge on any atom is -0.339 e. The van der Waals surface area contributed by atoms with Gasteiger partial charge in [0, 0.05) is 5.69 Å². The van der Waals surface area contributed by atoms with Crippen molar-refractivity contribution in [2.24, 2.45) is 0 Å². The van der Waals surface area contributed by atoms with Crippen LogP contribution in [0, 0.1) is 12.7 Å². The third-order valence-electron chi connectivity index (χ3n) is 2.31. The van der Waals surface area contributed by atoms with Gasteiger partial charge in [-0.2, -0.15) is 0 Å². The van der Waals surface area contributed by atoms with Crippen LogP contribution < -0.4 is 5.32 Å². The molecule has 0 amide bonds. The molecule has 1 heterocycles. The molecule has 2 rings (SSSR count).